The van der Waals surface area contributed by atoms with Crippen LogP contribution in [-0.2, 0) is 0 Å². The van der Waals surface area contributed by atoms with Crippen molar-refractivity contribution in [1.82, 2.24) is 0 Å². The molecule has 3 heterocycles. The molecule has 0 N–H and O–H groups in total. The molecule has 58 heavy (non-hydrogen) atoms. The van der Waals surface area contributed by atoms with E-state index in [0.717, 1.165) is 111 Å². The van der Waals surface area contributed by atoms with Gasteiger partial charge in [0.2, 0.25) is 0 Å². The van der Waals surface area contributed by atoms with Crippen LogP contribution in [0.2, 0.25) is 0 Å². The average Bonchev–Trinajstić information content (AvgIpc) is 3.98. The predicted molar refractivity (Wildman–Crippen MR) is 239 cm³/mol. The number of benzene rings is 9. The van der Waals surface area contributed by atoms with Gasteiger partial charge in [-0.1, -0.05) is 140 Å². The Hall–Kier alpha value is -7.82. The Balaban J connectivity index is 1.03. The normalized spacial score (nSPS) is 11.8. The highest BCUT2D eigenvalue weighted by Gasteiger charge is 2.22. The Labute approximate surface area is 333 Å². The van der Waals surface area contributed by atoms with E-state index < -0.39 is 0 Å². The van der Waals surface area contributed by atoms with Crippen LogP contribution in [0, 0.1) is 0 Å². The molecule has 0 saturated heterocycles. The van der Waals surface area contributed by atoms with Crippen molar-refractivity contribution in [3.05, 3.63) is 200 Å². The molecular weight excluding hydrogens is 711 g/mol. The lowest BCUT2D eigenvalue weighted by Crippen LogP contribution is -2.09. The van der Waals surface area contributed by atoms with E-state index in [-0.39, 0.29) is 0 Å². The van der Waals surface area contributed by atoms with Gasteiger partial charge >= 0.3 is 0 Å². The lowest BCUT2D eigenvalue weighted by molar-refractivity contribution is 0.664. The summed E-state index contributed by atoms with van der Waals surface area (Å²) in [7, 11) is 0. The van der Waals surface area contributed by atoms with E-state index >= 15 is 0 Å². The molecule has 0 fully saturated rings. The quantitative estimate of drug-likeness (QED) is 0.170. The van der Waals surface area contributed by atoms with Crippen molar-refractivity contribution >= 4 is 82.9 Å². The van der Waals surface area contributed by atoms with E-state index in [4.69, 9.17) is 13.3 Å². The largest absolute Gasteiger partial charge is 0.456 e. The smallest absolute Gasteiger partial charge is 0.144 e. The number of rotatable bonds is 6. The van der Waals surface area contributed by atoms with Gasteiger partial charge in [-0.2, -0.15) is 0 Å². The number of nitrogens with zero attached hydrogens (tertiary/aromatic N) is 1. The first-order chi connectivity index (χ1) is 28.7. The third kappa shape index (κ3) is 5.09. The van der Waals surface area contributed by atoms with Gasteiger partial charge in [0.15, 0.2) is 0 Å². The molecule has 12 rings (SSSR count). The predicted octanol–water partition coefficient (Wildman–Crippen LogP) is 15.9. The summed E-state index contributed by atoms with van der Waals surface area (Å²) in [6.45, 7) is 0. The Morgan fingerprint density at radius 1 is 0.293 bits per heavy atom. The summed E-state index contributed by atoms with van der Waals surface area (Å²) >= 11 is 0. The van der Waals surface area contributed by atoms with Crippen molar-refractivity contribution in [2.75, 3.05) is 4.90 Å². The molecule has 0 radical (unpaired) electrons. The van der Waals surface area contributed by atoms with Crippen LogP contribution in [0.3, 0.4) is 0 Å². The van der Waals surface area contributed by atoms with Crippen LogP contribution < -0.4 is 4.90 Å². The maximum absolute atomic E-state index is 6.97. The van der Waals surface area contributed by atoms with E-state index in [1.165, 1.54) is 5.56 Å². The van der Waals surface area contributed by atoms with Gasteiger partial charge in [-0.15, -0.1) is 0 Å². The summed E-state index contributed by atoms with van der Waals surface area (Å²) in [5, 5.41) is 6.44. The lowest BCUT2D eigenvalue weighted by Gasteiger charge is -2.26. The van der Waals surface area contributed by atoms with Gasteiger partial charge in [0.1, 0.15) is 33.5 Å². The molecule has 0 aliphatic heterocycles. The number of hydrogen-bond donors (Lipinski definition) is 0. The van der Waals surface area contributed by atoms with Crippen LogP contribution >= 0.6 is 0 Å². The van der Waals surface area contributed by atoms with Gasteiger partial charge in [-0.3, -0.25) is 0 Å². The summed E-state index contributed by atoms with van der Waals surface area (Å²) in [6.07, 6.45) is 0. The summed E-state index contributed by atoms with van der Waals surface area (Å²) in [6, 6.07) is 70.1. The second-order valence-corrected chi connectivity index (χ2v) is 14.8. The molecule has 9 aromatic carbocycles. The molecular formula is C54H33NO3. The zero-order valence-corrected chi connectivity index (χ0v) is 31.2. The first kappa shape index (κ1) is 32.4. The van der Waals surface area contributed by atoms with Gasteiger partial charge in [0.25, 0.3) is 0 Å². The van der Waals surface area contributed by atoms with Crippen molar-refractivity contribution in [3.63, 3.8) is 0 Å². The first-order valence-electron chi connectivity index (χ1n) is 19.6. The standard InChI is InChI=1S/C54H33NO3/c1-3-12-34(13-4-1)35-22-26-38(27-23-35)55(39-28-24-36(25-29-39)41-18-11-19-44-42-16-7-9-20-47(42)57-53(41)44)40-30-31-43-46-33-50-52(45-17-8-10-21-48(45)56-50)51(37-14-5-2-6-15-37)54(46)58-49(43)32-40/h1-33H. The van der Waals surface area contributed by atoms with Crippen molar-refractivity contribution in [1.29, 1.82) is 0 Å². The fourth-order valence-corrected chi connectivity index (χ4v) is 8.77. The summed E-state index contributed by atoms with van der Waals surface area (Å²) in [5.41, 5.74) is 14.8. The molecule has 272 valence electrons. The Kier molecular flexibility index (Phi) is 7.20. The number of fused-ring (bicyclic) bond motifs is 9. The Bertz CT molecular complexity index is 3480. The second-order valence-electron chi connectivity index (χ2n) is 14.8. The summed E-state index contributed by atoms with van der Waals surface area (Å²) in [5.74, 6) is 0. The minimum absolute atomic E-state index is 0.806. The molecule has 12 aromatic rings. The topological polar surface area (TPSA) is 42.7 Å². The van der Waals surface area contributed by atoms with E-state index in [1.807, 2.05) is 30.3 Å². The minimum Gasteiger partial charge on any atom is -0.456 e. The highest BCUT2D eigenvalue weighted by atomic mass is 16.3. The van der Waals surface area contributed by atoms with Crippen LogP contribution in [0.5, 0.6) is 0 Å². The van der Waals surface area contributed by atoms with Crippen LogP contribution in [0.1, 0.15) is 0 Å². The highest BCUT2D eigenvalue weighted by molar-refractivity contribution is 6.23. The fraction of sp³-hybridized carbons (Fsp3) is 0. The molecule has 0 aliphatic rings. The number of hydrogen-bond acceptors (Lipinski definition) is 4. The van der Waals surface area contributed by atoms with E-state index in [9.17, 15) is 0 Å². The van der Waals surface area contributed by atoms with Crippen molar-refractivity contribution in [3.8, 4) is 33.4 Å². The molecule has 0 saturated carbocycles. The molecule has 3 aromatic heterocycles. The zero-order valence-electron chi connectivity index (χ0n) is 31.2. The molecule has 0 aliphatic carbocycles. The third-order valence-corrected chi connectivity index (χ3v) is 11.5. The molecule has 0 spiro atoms. The summed E-state index contributed by atoms with van der Waals surface area (Å²) < 4.78 is 19.9. The maximum atomic E-state index is 6.97. The van der Waals surface area contributed by atoms with Crippen molar-refractivity contribution < 1.29 is 13.3 Å². The fourth-order valence-electron chi connectivity index (χ4n) is 8.77. The first-order valence-corrected chi connectivity index (χ1v) is 19.6. The number of anilines is 3. The van der Waals surface area contributed by atoms with Crippen molar-refractivity contribution in [2.24, 2.45) is 0 Å². The lowest BCUT2D eigenvalue weighted by atomic mass is 9.96. The van der Waals surface area contributed by atoms with E-state index in [2.05, 4.69) is 175 Å². The average molecular weight is 744 g/mol. The van der Waals surface area contributed by atoms with Gasteiger partial charge in [0.05, 0.1) is 0 Å². The zero-order chi connectivity index (χ0) is 38.2. The maximum Gasteiger partial charge on any atom is 0.144 e. The molecule has 0 atom stereocenters. The van der Waals surface area contributed by atoms with Crippen LogP contribution in [0.25, 0.3) is 99.2 Å². The third-order valence-electron chi connectivity index (χ3n) is 11.5. The summed E-state index contributed by atoms with van der Waals surface area (Å²) in [4.78, 5) is 2.30. The van der Waals surface area contributed by atoms with Gasteiger partial charge in [-0.05, 0) is 76.9 Å². The van der Waals surface area contributed by atoms with Crippen LogP contribution in [0.15, 0.2) is 213 Å². The Morgan fingerprint density at radius 2 is 0.845 bits per heavy atom. The molecule has 0 unspecified atom stereocenters. The number of furan rings is 3. The minimum atomic E-state index is 0.806. The van der Waals surface area contributed by atoms with Gasteiger partial charge in [0, 0.05) is 66.6 Å². The second kappa shape index (κ2) is 12.9. The van der Waals surface area contributed by atoms with Crippen LogP contribution in [0.4, 0.5) is 17.1 Å². The SMILES string of the molecule is c1ccc(-c2ccc(N(c3ccc(-c4cccc5c4oc4ccccc45)cc3)c3ccc4c(c3)oc3c(-c5ccccc5)c5c(cc34)oc3ccccc35)cc2)cc1. The van der Waals surface area contributed by atoms with Gasteiger partial charge < -0.3 is 18.2 Å². The number of para-hydroxylation sites is 3. The molecule has 0 bridgehead atoms. The van der Waals surface area contributed by atoms with E-state index in [0.29, 0.717) is 0 Å². The molecule has 4 nitrogen and oxygen atoms in total. The van der Waals surface area contributed by atoms with E-state index in [1.54, 1.807) is 0 Å². The monoisotopic (exact) mass is 743 g/mol. The molecule has 0 amide bonds. The highest BCUT2D eigenvalue weighted by Crippen LogP contribution is 2.46. The molecule has 4 heteroatoms. The van der Waals surface area contributed by atoms with Crippen LogP contribution in [-0.4, -0.2) is 0 Å². The Morgan fingerprint density at radius 3 is 1.59 bits per heavy atom. The van der Waals surface area contributed by atoms with Gasteiger partial charge in [-0.25, -0.2) is 0 Å². The van der Waals surface area contributed by atoms with Crippen molar-refractivity contribution in [2.45, 2.75) is 0 Å².